The second-order valence-electron chi connectivity index (χ2n) is 6.09. The second-order valence-corrected chi connectivity index (χ2v) is 7.94. The van der Waals surface area contributed by atoms with Gasteiger partial charge in [-0.15, -0.1) is 6.58 Å². The average molecular weight is 422 g/mol. The van der Waals surface area contributed by atoms with E-state index in [2.05, 4.69) is 32.8 Å². The van der Waals surface area contributed by atoms with Gasteiger partial charge in [0.25, 0.3) is 0 Å². The van der Waals surface area contributed by atoms with Gasteiger partial charge in [-0.2, -0.15) is 0 Å². The SMILES string of the molecule is C=CCNCC1CCN(n2c(=O)sc3ccc(Br)c(C=C=O)c32)CC1. The first-order valence-corrected chi connectivity index (χ1v) is 9.88. The fourth-order valence-corrected chi connectivity index (χ4v) is 4.60. The maximum absolute atomic E-state index is 12.6. The van der Waals surface area contributed by atoms with Crippen LogP contribution >= 0.6 is 27.3 Å². The van der Waals surface area contributed by atoms with Gasteiger partial charge in [-0.25, -0.2) is 9.47 Å². The summed E-state index contributed by atoms with van der Waals surface area (Å²) in [5.74, 6) is 2.45. The van der Waals surface area contributed by atoms with Crippen LogP contribution in [-0.4, -0.2) is 36.8 Å². The van der Waals surface area contributed by atoms with Gasteiger partial charge < -0.3 is 10.3 Å². The van der Waals surface area contributed by atoms with E-state index in [0.717, 1.165) is 53.7 Å². The summed E-state index contributed by atoms with van der Waals surface area (Å²) in [7, 11) is 0. The van der Waals surface area contributed by atoms with Crippen molar-refractivity contribution in [2.24, 2.45) is 5.92 Å². The molecule has 132 valence electrons. The Morgan fingerprint density at radius 2 is 2.16 bits per heavy atom. The lowest BCUT2D eigenvalue weighted by Gasteiger charge is -2.34. The standard InChI is InChI=1S/C18H20BrN3O2S/c1-2-8-20-12-13-5-9-21(10-6-13)22-17-14(7-11-23)15(19)3-4-16(17)25-18(22)24/h2-4,7,13,20H,1,5-6,8-10,12H2. The number of piperidine rings is 1. The highest BCUT2D eigenvalue weighted by Gasteiger charge is 2.23. The molecule has 5 nitrogen and oxygen atoms in total. The lowest BCUT2D eigenvalue weighted by Crippen LogP contribution is -2.46. The number of fused-ring (bicyclic) bond motifs is 1. The van der Waals surface area contributed by atoms with Gasteiger partial charge in [0.2, 0.25) is 0 Å². The van der Waals surface area contributed by atoms with Crippen molar-refractivity contribution in [3.63, 3.8) is 0 Å². The zero-order chi connectivity index (χ0) is 17.8. The van der Waals surface area contributed by atoms with Crippen molar-refractivity contribution in [3.05, 3.63) is 44.5 Å². The van der Waals surface area contributed by atoms with Crippen LogP contribution in [0.5, 0.6) is 0 Å². The number of benzene rings is 1. The minimum absolute atomic E-state index is 0.0168. The third-order valence-electron chi connectivity index (χ3n) is 4.51. The van der Waals surface area contributed by atoms with Crippen LogP contribution in [0.1, 0.15) is 18.4 Å². The van der Waals surface area contributed by atoms with Crippen molar-refractivity contribution in [2.75, 3.05) is 31.2 Å². The lowest BCUT2D eigenvalue weighted by atomic mass is 9.98. The molecule has 1 aromatic heterocycles. The number of rotatable bonds is 6. The Hall–Kier alpha value is -1.66. The first-order chi connectivity index (χ1) is 12.2. The summed E-state index contributed by atoms with van der Waals surface area (Å²) < 4.78 is 3.41. The number of halogens is 1. The van der Waals surface area contributed by atoms with Crippen LogP contribution in [0.3, 0.4) is 0 Å². The fourth-order valence-electron chi connectivity index (χ4n) is 3.26. The number of nitrogens with zero attached hydrogens (tertiary/aromatic N) is 2. The normalized spacial score (nSPS) is 15.3. The number of carbonyl (C=O) groups excluding carboxylic acids is 1. The molecule has 2 heterocycles. The van der Waals surface area contributed by atoms with Gasteiger partial charge in [0.1, 0.15) is 5.94 Å². The molecule has 0 radical (unpaired) electrons. The van der Waals surface area contributed by atoms with Gasteiger partial charge in [-0.1, -0.05) is 33.3 Å². The molecule has 1 N–H and O–H groups in total. The number of hydrogen-bond donors (Lipinski definition) is 1. The monoisotopic (exact) mass is 421 g/mol. The van der Waals surface area contributed by atoms with Crippen molar-refractivity contribution >= 4 is 49.5 Å². The zero-order valence-electron chi connectivity index (χ0n) is 13.8. The predicted molar refractivity (Wildman–Crippen MR) is 108 cm³/mol. The van der Waals surface area contributed by atoms with Crippen molar-refractivity contribution in [1.82, 2.24) is 9.99 Å². The topological polar surface area (TPSA) is 54.3 Å². The highest BCUT2D eigenvalue weighted by molar-refractivity contribution is 9.10. The van der Waals surface area contributed by atoms with E-state index < -0.39 is 0 Å². The highest BCUT2D eigenvalue weighted by atomic mass is 79.9. The molecule has 2 aromatic rings. The summed E-state index contributed by atoms with van der Waals surface area (Å²) in [5, 5.41) is 5.47. The van der Waals surface area contributed by atoms with Crippen LogP contribution in [0.15, 0.2) is 34.1 Å². The molecule has 0 amide bonds. The van der Waals surface area contributed by atoms with Crippen molar-refractivity contribution in [1.29, 1.82) is 0 Å². The molecular weight excluding hydrogens is 402 g/mol. The number of hydrogen-bond acceptors (Lipinski definition) is 5. The summed E-state index contributed by atoms with van der Waals surface area (Å²) in [5.41, 5.74) is 1.50. The van der Waals surface area contributed by atoms with E-state index in [1.54, 1.807) is 4.68 Å². The van der Waals surface area contributed by atoms with E-state index >= 15 is 0 Å². The molecule has 1 aliphatic rings. The number of aromatic nitrogens is 1. The van der Waals surface area contributed by atoms with E-state index in [0.29, 0.717) is 11.5 Å². The van der Waals surface area contributed by atoms with Crippen molar-refractivity contribution < 1.29 is 4.79 Å². The Kier molecular flexibility index (Phi) is 5.91. The maximum atomic E-state index is 12.6. The van der Waals surface area contributed by atoms with Gasteiger partial charge in [0, 0.05) is 35.7 Å². The van der Waals surface area contributed by atoms with Crippen LogP contribution in [0, 0.1) is 5.92 Å². The molecule has 1 saturated heterocycles. The van der Waals surface area contributed by atoms with Gasteiger partial charge in [-0.3, -0.25) is 4.79 Å². The third kappa shape index (κ3) is 3.80. The molecular formula is C18H20BrN3O2S. The molecule has 7 heteroatoms. The number of thiazole rings is 1. The highest BCUT2D eigenvalue weighted by Crippen LogP contribution is 2.30. The van der Waals surface area contributed by atoms with Crippen LogP contribution in [0.25, 0.3) is 16.3 Å². The van der Waals surface area contributed by atoms with E-state index in [4.69, 9.17) is 0 Å². The molecule has 1 fully saturated rings. The maximum Gasteiger partial charge on any atom is 0.326 e. The molecule has 25 heavy (non-hydrogen) atoms. The van der Waals surface area contributed by atoms with Gasteiger partial charge in [0.15, 0.2) is 0 Å². The Labute approximate surface area is 158 Å². The van der Waals surface area contributed by atoms with Gasteiger partial charge in [-0.05, 0) is 37.4 Å². The molecule has 0 spiro atoms. The smallest absolute Gasteiger partial charge is 0.313 e. The van der Waals surface area contributed by atoms with Gasteiger partial charge >= 0.3 is 4.87 Å². The third-order valence-corrected chi connectivity index (χ3v) is 6.10. The minimum atomic E-state index is -0.0168. The van der Waals surface area contributed by atoms with Crippen LogP contribution in [0.2, 0.25) is 0 Å². The molecule has 0 aliphatic carbocycles. The molecule has 1 aromatic carbocycles. The second kappa shape index (κ2) is 8.15. The molecule has 0 atom stereocenters. The van der Waals surface area contributed by atoms with Crippen LogP contribution < -0.4 is 15.2 Å². The Morgan fingerprint density at radius 3 is 2.84 bits per heavy atom. The van der Waals surface area contributed by atoms with E-state index in [1.165, 1.54) is 17.4 Å². The summed E-state index contributed by atoms with van der Waals surface area (Å²) in [4.78, 5) is 23.5. The molecule has 3 rings (SSSR count). The molecule has 0 unspecified atom stereocenters. The minimum Gasteiger partial charge on any atom is -0.313 e. The summed E-state index contributed by atoms with van der Waals surface area (Å²) in [6.45, 7) is 7.16. The average Bonchev–Trinajstić information content (AvgIpc) is 2.95. The Balaban J connectivity index is 1.88. The predicted octanol–water partition coefficient (Wildman–Crippen LogP) is 2.79. The zero-order valence-corrected chi connectivity index (χ0v) is 16.2. The van der Waals surface area contributed by atoms with E-state index in [1.807, 2.05) is 24.2 Å². The summed E-state index contributed by atoms with van der Waals surface area (Å²) in [6, 6.07) is 3.78. The first-order valence-electron chi connectivity index (χ1n) is 8.27. The Bertz CT molecular complexity index is 874. The first kappa shape index (κ1) is 18.1. The van der Waals surface area contributed by atoms with E-state index in [-0.39, 0.29) is 4.87 Å². The van der Waals surface area contributed by atoms with Crippen molar-refractivity contribution in [3.8, 4) is 0 Å². The van der Waals surface area contributed by atoms with Crippen LogP contribution in [-0.2, 0) is 4.79 Å². The van der Waals surface area contributed by atoms with Crippen molar-refractivity contribution in [2.45, 2.75) is 12.8 Å². The van der Waals surface area contributed by atoms with Crippen LogP contribution in [0.4, 0.5) is 0 Å². The summed E-state index contributed by atoms with van der Waals surface area (Å²) in [6.07, 6.45) is 5.31. The molecule has 1 aliphatic heterocycles. The quantitative estimate of drug-likeness (QED) is 0.442. The largest absolute Gasteiger partial charge is 0.326 e. The summed E-state index contributed by atoms with van der Waals surface area (Å²) >= 11 is 4.69. The van der Waals surface area contributed by atoms with Gasteiger partial charge in [0.05, 0.1) is 10.2 Å². The van der Waals surface area contributed by atoms with E-state index in [9.17, 15) is 9.59 Å². The molecule has 0 bridgehead atoms. The number of nitrogens with one attached hydrogen (secondary N) is 1. The Morgan fingerprint density at radius 1 is 1.40 bits per heavy atom. The fraction of sp³-hybridized carbons (Fsp3) is 0.389. The lowest BCUT2D eigenvalue weighted by molar-refractivity contribution is 0.354. The molecule has 0 saturated carbocycles.